The lowest BCUT2D eigenvalue weighted by Crippen LogP contribution is -2.48. The second-order valence-electron chi connectivity index (χ2n) is 8.77. The summed E-state index contributed by atoms with van der Waals surface area (Å²) in [5, 5.41) is 5.48. The third-order valence-electron chi connectivity index (χ3n) is 6.65. The highest BCUT2D eigenvalue weighted by Gasteiger charge is 2.22. The highest BCUT2D eigenvalue weighted by molar-refractivity contribution is 6.30. The quantitative estimate of drug-likeness (QED) is 0.411. The van der Waals surface area contributed by atoms with E-state index in [2.05, 4.69) is 36.1 Å². The molecule has 7 heteroatoms. The molecule has 0 spiro atoms. The Balaban J connectivity index is 1.26. The number of piperazine rings is 1. The molecule has 2 aromatic carbocycles. The molecule has 5 rings (SSSR count). The zero-order valence-electron chi connectivity index (χ0n) is 19.5. The Morgan fingerprint density at radius 2 is 1.68 bits per heavy atom. The van der Waals surface area contributed by atoms with Crippen LogP contribution in [0.3, 0.4) is 0 Å². The third-order valence-corrected chi connectivity index (χ3v) is 6.90. The first-order valence-corrected chi connectivity index (χ1v) is 12.1. The molecule has 1 amide bonds. The maximum absolute atomic E-state index is 13.0. The molecule has 0 aliphatic carbocycles. The maximum atomic E-state index is 13.0. The third kappa shape index (κ3) is 4.50. The van der Waals surface area contributed by atoms with Crippen LogP contribution in [0, 0.1) is 13.8 Å². The number of hydrogen-bond acceptors (Lipinski definition) is 4. The summed E-state index contributed by atoms with van der Waals surface area (Å²) >= 11 is 6.02. The molecular formula is C27H28ClN5O. The molecule has 34 heavy (non-hydrogen) atoms. The van der Waals surface area contributed by atoms with Crippen molar-refractivity contribution in [2.75, 3.05) is 31.1 Å². The summed E-state index contributed by atoms with van der Waals surface area (Å²) < 4.78 is 1.88. The van der Waals surface area contributed by atoms with Crippen molar-refractivity contribution in [2.45, 2.75) is 26.7 Å². The van der Waals surface area contributed by atoms with Crippen molar-refractivity contribution in [1.29, 1.82) is 0 Å². The van der Waals surface area contributed by atoms with Crippen molar-refractivity contribution in [3.63, 3.8) is 0 Å². The predicted molar refractivity (Wildman–Crippen MR) is 136 cm³/mol. The van der Waals surface area contributed by atoms with Gasteiger partial charge in [-0.15, -0.1) is 0 Å². The smallest absolute Gasteiger partial charge is 0.223 e. The molecule has 1 aliphatic rings. The van der Waals surface area contributed by atoms with Crippen LogP contribution in [-0.2, 0) is 11.2 Å². The lowest BCUT2D eigenvalue weighted by molar-refractivity contribution is -0.131. The Morgan fingerprint density at radius 1 is 0.971 bits per heavy atom. The van der Waals surface area contributed by atoms with Crippen molar-refractivity contribution in [3.8, 4) is 11.3 Å². The fourth-order valence-corrected chi connectivity index (χ4v) is 4.82. The molecule has 0 saturated carbocycles. The first-order chi connectivity index (χ1) is 16.5. The first-order valence-electron chi connectivity index (χ1n) is 11.7. The first kappa shape index (κ1) is 22.4. The topological polar surface area (TPSA) is 53.7 Å². The van der Waals surface area contributed by atoms with E-state index in [9.17, 15) is 4.79 Å². The van der Waals surface area contributed by atoms with Crippen molar-refractivity contribution in [2.24, 2.45) is 0 Å². The van der Waals surface area contributed by atoms with Crippen molar-refractivity contribution in [1.82, 2.24) is 19.5 Å². The van der Waals surface area contributed by atoms with Crippen molar-refractivity contribution < 1.29 is 4.79 Å². The van der Waals surface area contributed by atoms with E-state index >= 15 is 0 Å². The van der Waals surface area contributed by atoms with Gasteiger partial charge < -0.3 is 9.80 Å². The van der Waals surface area contributed by atoms with Crippen molar-refractivity contribution >= 4 is 28.8 Å². The van der Waals surface area contributed by atoms with Crippen LogP contribution in [0.25, 0.3) is 16.9 Å². The fourth-order valence-electron chi connectivity index (χ4n) is 4.69. The largest absolute Gasteiger partial charge is 0.368 e. The molecule has 1 saturated heterocycles. The number of hydrogen-bond donors (Lipinski definition) is 0. The molecule has 0 radical (unpaired) electrons. The average Bonchev–Trinajstić information content (AvgIpc) is 3.29. The molecule has 1 aliphatic heterocycles. The van der Waals surface area contributed by atoms with Crippen LogP contribution in [0.4, 0.5) is 5.69 Å². The van der Waals surface area contributed by atoms with E-state index in [1.807, 2.05) is 52.7 Å². The van der Waals surface area contributed by atoms with E-state index in [4.69, 9.17) is 21.7 Å². The van der Waals surface area contributed by atoms with Crippen LogP contribution < -0.4 is 4.90 Å². The minimum Gasteiger partial charge on any atom is -0.368 e. The van der Waals surface area contributed by atoms with Crippen LogP contribution >= 0.6 is 11.6 Å². The lowest BCUT2D eigenvalue weighted by atomic mass is 10.1. The molecule has 1 fully saturated rings. The van der Waals surface area contributed by atoms with Crippen molar-refractivity contribution in [3.05, 3.63) is 82.6 Å². The molecule has 174 valence electrons. The van der Waals surface area contributed by atoms with E-state index in [0.717, 1.165) is 60.0 Å². The minimum atomic E-state index is 0.203. The summed E-state index contributed by atoms with van der Waals surface area (Å²) in [5.41, 5.74) is 6.96. The Labute approximate surface area is 204 Å². The van der Waals surface area contributed by atoms with Crippen LogP contribution in [0.5, 0.6) is 0 Å². The van der Waals surface area contributed by atoms with Gasteiger partial charge in [0.05, 0.1) is 5.69 Å². The molecule has 0 bridgehead atoms. The Morgan fingerprint density at radius 3 is 2.38 bits per heavy atom. The highest BCUT2D eigenvalue weighted by atomic mass is 35.5. The molecule has 0 atom stereocenters. The summed E-state index contributed by atoms with van der Waals surface area (Å²) in [5.74, 6) is 0.203. The van der Waals surface area contributed by atoms with Gasteiger partial charge in [0.2, 0.25) is 5.91 Å². The lowest BCUT2D eigenvalue weighted by Gasteiger charge is -2.36. The normalized spacial score (nSPS) is 14.1. The number of carbonyl (C=O) groups is 1. The number of benzene rings is 2. The van der Waals surface area contributed by atoms with E-state index in [1.54, 1.807) is 0 Å². The second kappa shape index (κ2) is 9.47. The number of anilines is 1. The summed E-state index contributed by atoms with van der Waals surface area (Å²) in [6.07, 6.45) is 1.14. The molecule has 0 N–H and O–H groups in total. The van der Waals surface area contributed by atoms with E-state index in [1.165, 1.54) is 5.69 Å². The van der Waals surface area contributed by atoms with E-state index in [0.29, 0.717) is 17.9 Å². The molecule has 3 heterocycles. The number of rotatable bonds is 5. The van der Waals surface area contributed by atoms with Gasteiger partial charge in [0, 0.05) is 66.3 Å². The van der Waals surface area contributed by atoms with Gasteiger partial charge in [0.1, 0.15) is 0 Å². The number of fused-ring (bicyclic) bond motifs is 1. The monoisotopic (exact) mass is 473 g/mol. The van der Waals surface area contributed by atoms with Gasteiger partial charge in [0.25, 0.3) is 0 Å². The SMILES string of the molecule is Cc1nc2cc(-c3ccc(Cl)cc3)nn2c(C)c1CCC(=O)N1CCN(c2ccccc2)CC1. The summed E-state index contributed by atoms with van der Waals surface area (Å²) in [7, 11) is 0. The zero-order valence-corrected chi connectivity index (χ0v) is 20.3. The Bertz CT molecular complexity index is 1310. The van der Waals surface area contributed by atoms with Crippen LogP contribution in [0.2, 0.25) is 5.02 Å². The molecule has 2 aromatic heterocycles. The molecule has 0 unspecified atom stereocenters. The van der Waals surface area contributed by atoms with E-state index in [-0.39, 0.29) is 5.91 Å². The Kier molecular flexibility index (Phi) is 6.24. The van der Waals surface area contributed by atoms with Gasteiger partial charge in [-0.1, -0.05) is 41.9 Å². The Hall–Kier alpha value is -3.38. The van der Waals surface area contributed by atoms with Gasteiger partial charge in [-0.25, -0.2) is 9.50 Å². The van der Waals surface area contributed by atoms with Gasteiger partial charge >= 0.3 is 0 Å². The number of aromatic nitrogens is 3. The number of amides is 1. The maximum Gasteiger partial charge on any atom is 0.223 e. The summed E-state index contributed by atoms with van der Waals surface area (Å²) in [4.78, 5) is 22.1. The van der Waals surface area contributed by atoms with Crippen LogP contribution in [0.15, 0.2) is 60.7 Å². The minimum absolute atomic E-state index is 0.203. The predicted octanol–water partition coefficient (Wildman–Crippen LogP) is 4.95. The molecule has 6 nitrogen and oxygen atoms in total. The van der Waals surface area contributed by atoms with Gasteiger partial charge in [-0.2, -0.15) is 5.10 Å². The summed E-state index contributed by atoms with van der Waals surface area (Å²) in [6, 6.07) is 20.0. The number of para-hydroxylation sites is 1. The van der Waals surface area contributed by atoms with Crippen LogP contribution in [0.1, 0.15) is 23.4 Å². The van der Waals surface area contributed by atoms with Gasteiger partial charge in [-0.05, 0) is 50.1 Å². The highest BCUT2D eigenvalue weighted by Crippen LogP contribution is 2.24. The van der Waals surface area contributed by atoms with Gasteiger partial charge in [0.15, 0.2) is 5.65 Å². The zero-order chi connectivity index (χ0) is 23.7. The standard InChI is InChI=1S/C27H28ClN5O/c1-19-24(12-13-27(34)32-16-14-31(15-17-32)23-6-4-3-5-7-23)20(2)33-26(29-19)18-25(30-33)21-8-10-22(28)11-9-21/h3-11,18H,12-17H2,1-2H3. The van der Waals surface area contributed by atoms with E-state index < -0.39 is 0 Å². The molecular weight excluding hydrogens is 446 g/mol. The van der Waals surface area contributed by atoms with Crippen LogP contribution in [-0.4, -0.2) is 51.6 Å². The average molecular weight is 474 g/mol. The number of nitrogens with zero attached hydrogens (tertiary/aromatic N) is 5. The number of halogens is 1. The number of aryl methyl sites for hydroxylation is 2. The number of carbonyl (C=O) groups excluding carboxylic acids is 1. The summed E-state index contributed by atoms with van der Waals surface area (Å²) in [6.45, 7) is 7.31. The fraction of sp³-hybridized carbons (Fsp3) is 0.296. The molecule has 4 aromatic rings. The second-order valence-corrected chi connectivity index (χ2v) is 9.21. The van der Waals surface area contributed by atoms with Gasteiger partial charge in [-0.3, -0.25) is 4.79 Å².